The molecule has 0 radical (unpaired) electrons. The van der Waals surface area contributed by atoms with E-state index < -0.39 is 17.1 Å². The molecule has 1 aromatic carbocycles. The number of fused-ring (bicyclic) bond motifs is 2. The Morgan fingerprint density at radius 1 is 1.30 bits per heavy atom. The molecular weight excluding hydrogens is 311 g/mol. The number of rotatable bonds is 1. The van der Waals surface area contributed by atoms with E-state index in [1.807, 2.05) is 0 Å². The first-order valence-corrected chi connectivity index (χ1v) is 5.92. The van der Waals surface area contributed by atoms with Gasteiger partial charge < -0.3 is 14.6 Å². The molecule has 0 atom stereocenters. The van der Waals surface area contributed by atoms with Crippen LogP contribution in [0.25, 0.3) is 22.1 Å². The van der Waals surface area contributed by atoms with E-state index in [2.05, 4.69) is 10.2 Å². The molecule has 7 nitrogen and oxygen atoms in total. The Balaban J connectivity index is 2.63. The highest BCUT2D eigenvalue weighted by atomic mass is 35.5. The Hall–Kier alpha value is -2.25. The van der Waals surface area contributed by atoms with Crippen molar-refractivity contribution < 1.29 is 19.4 Å². The normalized spacial score (nSPS) is 11.3. The zero-order valence-corrected chi connectivity index (χ0v) is 10.9. The van der Waals surface area contributed by atoms with E-state index in [1.54, 1.807) is 0 Å². The van der Waals surface area contributed by atoms with E-state index >= 15 is 0 Å². The largest absolute Gasteiger partial charge is 0.505 e. The molecule has 3 rings (SSSR count). The monoisotopic (exact) mass is 314 g/mol. The molecule has 0 spiro atoms. The van der Waals surface area contributed by atoms with Gasteiger partial charge in [0.2, 0.25) is 5.43 Å². The number of H-pyrrole nitrogens is 1. The summed E-state index contributed by atoms with van der Waals surface area (Å²) >= 11 is 11.6. The molecule has 0 aliphatic carbocycles. The SMILES string of the molecule is O=C(O)c1[nH]nc2c(=O)c3c(O)c(Cl)cc(Cl)c3oc12. The second kappa shape index (κ2) is 4.12. The lowest BCUT2D eigenvalue weighted by Gasteiger charge is -2.04. The number of hydrogen-bond donors (Lipinski definition) is 3. The number of benzene rings is 1. The highest BCUT2D eigenvalue weighted by Crippen LogP contribution is 2.37. The molecule has 0 bridgehead atoms. The van der Waals surface area contributed by atoms with Gasteiger partial charge in [0.15, 0.2) is 22.4 Å². The minimum atomic E-state index is -1.34. The number of aromatic nitrogens is 2. The van der Waals surface area contributed by atoms with Gasteiger partial charge in [-0.15, -0.1) is 0 Å². The molecule has 3 N–H and O–H groups in total. The molecule has 0 saturated carbocycles. The number of carbonyl (C=O) groups is 1. The third-order valence-electron chi connectivity index (χ3n) is 2.74. The van der Waals surface area contributed by atoms with Gasteiger partial charge in [0.25, 0.3) is 0 Å². The molecule has 20 heavy (non-hydrogen) atoms. The van der Waals surface area contributed by atoms with Gasteiger partial charge in [-0.2, -0.15) is 5.10 Å². The van der Waals surface area contributed by atoms with E-state index in [0.717, 1.165) is 0 Å². The van der Waals surface area contributed by atoms with Crippen molar-refractivity contribution in [3.05, 3.63) is 32.0 Å². The minimum absolute atomic E-state index is 0.0284. The van der Waals surface area contributed by atoms with Crippen LogP contribution >= 0.6 is 23.2 Å². The number of nitrogens with one attached hydrogen (secondary N) is 1. The van der Waals surface area contributed by atoms with Crippen molar-refractivity contribution in [2.45, 2.75) is 0 Å². The lowest BCUT2D eigenvalue weighted by Crippen LogP contribution is -2.03. The topological polar surface area (TPSA) is 116 Å². The van der Waals surface area contributed by atoms with Gasteiger partial charge >= 0.3 is 5.97 Å². The first-order chi connectivity index (χ1) is 9.41. The van der Waals surface area contributed by atoms with Gasteiger partial charge in [0.1, 0.15) is 11.1 Å². The molecule has 0 fully saturated rings. The summed E-state index contributed by atoms with van der Waals surface area (Å²) in [6, 6.07) is 1.19. The minimum Gasteiger partial charge on any atom is -0.505 e. The van der Waals surface area contributed by atoms with E-state index in [0.29, 0.717) is 0 Å². The number of nitrogens with zero attached hydrogens (tertiary/aromatic N) is 1. The lowest BCUT2D eigenvalue weighted by atomic mass is 10.2. The highest BCUT2D eigenvalue weighted by Gasteiger charge is 2.23. The fraction of sp³-hybridized carbons (Fsp3) is 0. The lowest BCUT2D eigenvalue weighted by molar-refractivity contribution is 0.0691. The number of aromatic carboxylic acids is 1. The third kappa shape index (κ3) is 1.57. The summed E-state index contributed by atoms with van der Waals surface area (Å²) in [5.41, 5.74) is -1.78. The van der Waals surface area contributed by atoms with Crippen LogP contribution in [0.2, 0.25) is 10.0 Å². The molecule has 3 aromatic rings. The van der Waals surface area contributed by atoms with Crippen LogP contribution in [-0.4, -0.2) is 26.4 Å². The predicted molar refractivity (Wildman–Crippen MR) is 70.8 cm³/mol. The molecule has 9 heteroatoms. The van der Waals surface area contributed by atoms with Gasteiger partial charge in [-0.3, -0.25) is 9.89 Å². The summed E-state index contributed by atoms with van der Waals surface area (Å²) in [4.78, 5) is 23.2. The van der Waals surface area contributed by atoms with Gasteiger partial charge in [-0.1, -0.05) is 23.2 Å². The van der Waals surface area contributed by atoms with Crippen molar-refractivity contribution in [3.8, 4) is 5.75 Å². The number of aromatic hydroxyl groups is 1. The van der Waals surface area contributed by atoms with Crippen LogP contribution < -0.4 is 5.43 Å². The Kier molecular flexibility index (Phi) is 2.63. The maximum Gasteiger partial charge on any atom is 0.357 e. The Bertz CT molecular complexity index is 944. The van der Waals surface area contributed by atoms with E-state index in [9.17, 15) is 14.7 Å². The molecule has 0 saturated heterocycles. The van der Waals surface area contributed by atoms with Crippen molar-refractivity contribution in [1.29, 1.82) is 0 Å². The maximum absolute atomic E-state index is 12.2. The van der Waals surface area contributed by atoms with Crippen molar-refractivity contribution in [1.82, 2.24) is 10.2 Å². The first-order valence-electron chi connectivity index (χ1n) is 5.17. The Morgan fingerprint density at radius 2 is 2.00 bits per heavy atom. The summed E-state index contributed by atoms with van der Waals surface area (Å²) < 4.78 is 5.30. The van der Waals surface area contributed by atoms with E-state index in [1.165, 1.54) is 6.07 Å². The Morgan fingerprint density at radius 3 is 2.65 bits per heavy atom. The molecule has 2 heterocycles. The van der Waals surface area contributed by atoms with Crippen LogP contribution in [0.3, 0.4) is 0 Å². The summed E-state index contributed by atoms with van der Waals surface area (Å²) in [6.07, 6.45) is 0. The van der Waals surface area contributed by atoms with Crippen molar-refractivity contribution >= 4 is 51.2 Å². The fourth-order valence-corrected chi connectivity index (χ4v) is 2.35. The van der Waals surface area contributed by atoms with Crippen LogP contribution in [0.4, 0.5) is 0 Å². The standard InChI is InChI=1S/C11H4Cl2N2O5/c12-2-1-3(13)9-4(7(2)16)8(17)5-10(20-9)6(11(18)19)15-14-5/h1,16H,(H,14,15)(H,18,19). The first kappa shape index (κ1) is 12.8. The molecule has 2 aromatic heterocycles. The number of carboxylic acids is 1. The summed E-state index contributed by atoms with van der Waals surface area (Å²) in [6.45, 7) is 0. The number of hydrogen-bond acceptors (Lipinski definition) is 5. The molecule has 0 aliphatic rings. The van der Waals surface area contributed by atoms with Gasteiger partial charge in [-0.25, -0.2) is 4.79 Å². The molecule has 102 valence electrons. The van der Waals surface area contributed by atoms with Crippen LogP contribution in [0.5, 0.6) is 5.75 Å². The molecule has 0 unspecified atom stereocenters. The smallest absolute Gasteiger partial charge is 0.357 e. The van der Waals surface area contributed by atoms with Gasteiger partial charge in [0.05, 0.1) is 10.0 Å². The summed E-state index contributed by atoms with van der Waals surface area (Å²) in [5, 5.41) is 24.2. The number of phenols is 1. The maximum atomic E-state index is 12.2. The average Bonchev–Trinajstić information content (AvgIpc) is 2.80. The zero-order valence-electron chi connectivity index (χ0n) is 9.40. The molecule has 0 aliphatic heterocycles. The predicted octanol–water partition coefficient (Wildman–Crippen LogP) is 2.38. The van der Waals surface area contributed by atoms with Crippen LogP contribution in [-0.2, 0) is 0 Å². The summed E-state index contributed by atoms with van der Waals surface area (Å²) in [5.74, 6) is -1.84. The number of phenolic OH excluding ortho intramolecular Hbond substituents is 1. The number of carboxylic acid groups (broad SMARTS) is 1. The number of aromatic amines is 1. The van der Waals surface area contributed by atoms with Gasteiger partial charge in [-0.05, 0) is 6.07 Å². The van der Waals surface area contributed by atoms with Crippen LogP contribution in [0.1, 0.15) is 10.5 Å². The van der Waals surface area contributed by atoms with Gasteiger partial charge in [0, 0.05) is 0 Å². The quantitative estimate of drug-likeness (QED) is 0.635. The van der Waals surface area contributed by atoms with Crippen LogP contribution in [0.15, 0.2) is 15.3 Å². The second-order valence-electron chi connectivity index (χ2n) is 3.91. The Labute approximate surface area is 119 Å². The van der Waals surface area contributed by atoms with Crippen molar-refractivity contribution in [3.63, 3.8) is 0 Å². The van der Waals surface area contributed by atoms with E-state index in [4.69, 9.17) is 32.7 Å². The number of halogens is 2. The average molecular weight is 315 g/mol. The fourth-order valence-electron chi connectivity index (χ4n) is 1.85. The zero-order chi connectivity index (χ0) is 14.6. The highest BCUT2D eigenvalue weighted by molar-refractivity contribution is 6.39. The summed E-state index contributed by atoms with van der Waals surface area (Å²) in [7, 11) is 0. The molecular formula is C11H4Cl2N2O5. The second-order valence-corrected chi connectivity index (χ2v) is 4.72. The molecule has 0 amide bonds. The van der Waals surface area contributed by atoms with Crippen molar-refractivity contribution in [2.24, 2.45) is 0 Å². The van der Waals surface area contributed by atoms with Crippen molar-refractivity contribution in [2.75, 3.05) is 0 Å². The van der Waals surface area contributed by atoms with Crippen LogP contribution in [0, 0.1) is 0 Å². The van der Waals surface area contributed by atoms with E-state index in [-0.39, 0.29) is 37.8 Å². The third-order valence-corrected chi connectivity index (χ3v) is 3.31.